The van der Waals surface area contributed by atoms with E-state index in [9.17, 15) is 18.0 Å². The van der Waals surface area contributed by atoms with E-state index in [2.05, 4.69) is 12.2 Å². The van der Waals surface area contributed by atoms with Gasteiger partial charge >= 0.3 is 5.97 Å². The number of anilines is 2. The summed E-state index contributed by atoms with van der Waals surface area (Å²) in [5, 5.41) is 3.20. The van der Waals surface area contributed by atoms with Crippen molar-refractivity contribution >= 4 is 33.2 Å². The highest BCUT2D eigenvalue weighted by Crippen LogP contribution is 2.18. The van der Waals surface area contributed by atoms with Crippen LogP contribution in [-0.2, 0) is 14.8 Å². The molecule has 8 heteroatoms. The molecule has 2 rings (SSSR count). The molecule has 0 atom stereocenters. The number of nitrogens with zero attached hydrogens (tertiary/aromatic N) is 1. The van der Waals surface area contributed by atoms with Gasteiger partial charge in [-0.2, -0.15) is 0 Å². The van der Waals surface area contributed by atoms with Crippen molar-refractivity contribution in [3.63, 3.8) is 0 Å². The number of nitrogens with one attached hydrogen (secondary N) is 1. The zero-order valence-electron chi connectivity index (χ0n) is 16.8. The highest BCUT2D eigenvalue weighted by molar-refractivity contribution is 7.92. The molecule has 156 valence electrons. The number of sulfonamides is 1. The van der Waals surface area contributed by atoms with Crippen molar-refractivity contribution in [2.24, 2.45) is 0 Å². The minimum atomic E-state index is -3.38. The van der Waals surface area contributed by atoms with Crippen molar-refractivity contribution in [2.45, 2.75) is 19.8 Å². The molecule has 2 aromatic carbocycles. The van der Waals surface area contributed by atoms with Gasteiger partial charge < -0.3 is 10.1 Å². The van der Waals surface area contributed by atoms with Gasteiger partial charge in [-0.05, 0) is 42.8 Å². The molecular weight excluding hydrogens is 392 g/mol. The Kier molecular flexibility index (Phi) is 7.78. The highest BCUT2D eigenvalue weighted by Gasteiger charge is 2.16. The highest BCUT2D eigenvalue weighted by atomic mass is 32.2. The third-order valence-electron chi connectivity index (χ3n) is 4.38. The van der Waals surface area contributed by atoms with Gasteiger partial charge in [0.15, 0.2) is 12.4 Å². The summed E-state index contributed by atoms with van der Waals surface area (Å²) in [6.45, 7) is 2.43. The molecular formula is C21H26N2O5S. The van der Waals surface area contributed by atoms with Crippen molar-refractivity contribution in [3.8, 4) is 0 Å². The summed E-state index contributed by atoms with van der Waals surface area (Å²) in [7, 11) is -1.95. The molecule has 0 heterocycles. The second kappa shape index (κ2) is 10.1. The lowest BCUT2D eigenvalue weighted by atomic mass is 10.1. The van der Waals surface area contributed by atoms with Gasteiger partial charge in [-0.1, -0.05) is 25.5 Å². The van der Waals surface area contributed by atoms with Crippen LogP contribution in [0.25, 0.3) is 0 Å². The number of ether oxygens (including phenoxy) is 1. The number of carbonyl (C=O) groups is 2. The van der Waals surface area contributed by atoms with Crippen LogP contribution in [-0.4, -0.2) is 46.6 Å². The second-order valence-corrected chi connectivity index (χ2v) is 8.62. The van der Waals surface area contributed by atoms with Gasteiger partial charge in [0.25, 0.3) is 0 Å². The summed E-state index contributed by atoms with van der Waals surface area (Å²) >= 11 is 0. The molecule has 0 spiro atoms. The van der Waals surface area contributed by atoms with Crippen molar-refractivity contribution < 1.29 is 22.7 Å². The number of ketones is 1. The molecule has 2 aromatic rings. The first-order valence-corrected chi connectivity index (χ1v) is 11.2. The Balaban J connectivity index is 2.00. The minimum absolute atomic E-state index is 0.331. The molecule has 0 saturated heterocycles. The van der Waals surface area contributed by atoms with Crippen LogP contribution < -0.4 is 9.62 Å². The number of esters is 1. The van der Waals surface area contributed by atoms with Crippen molar-refractivity contribution in [1.29, 1.82) is 0 Å². The van der Waals surface area contributed by atoms with E-state index in [1.807, 2.05) is 6.07 Å². The van der Waals surface area contributed by atoms with Gasteiger partial charge in [-0.3, -0.25) is 9.10 Å². The van der Waals surface area contributed by atoms with Crippen LogP contribution in [0.1, 0.15) is 40.5 Å². The molecule has 1 N–H and O–H groups in total. The average molecular weight is 419 g/mol. The van der Waals surface area contributed by atoms with E-state index in [4.69, 9.17) is 4.74 Å². The fraction of sp³-hybridized carbons (Fsp3) is 0.333. The average Bonchev–Trinajstić information content (AvgIpc) is 2.71. The number of Topliss-reactive ketones (excluding diaryl/α,β-unsaturated/α-hetero) is 1. The molecule has 29 heavy (non-hydrogen) atoms. The standard InChI is InChI=1S/C21H26N2O5S/c1-4-5-14-22-19-9-7-6-8-18(19)21(25)28-15-20(24)16-10-12-17(13-11-16)23(2)29(3,26)27/h6-13,22H,4-5,14-15H2,1-3H3. The van der Waals surface area contributed by atoms with Crippen LogP contribution in [0.5, 0.6) is 0 Å². The molecule has 0 amide bonds. The third kappa shape index (κ3) is 6.32. The maximum Gasteiger partial charge on any atom is 0.340 e. The molecule has 0 aliphatic rings. The van der Waals surface area contributed by atoms with E-state index in [-0.39, 0.29) is 5.78 Å². The summed E-state index contributed by atoms with van der Waals surface area (Å²) in [6.07, 6.45) is 3.11. The smallest absolute Gasteiger partial charge is 0.340 e. The van der Waals surface area contributed by atoms with Crippen LogP contribution in [0, 0.1) is 0 Å². The SMILES string of the molecule is CCCCNc1ccccc1C(=O)OCC(=O)c1ccc(N(C)S(C)(=O)=O)cc1. The molecule has 0 aromatic heterocycles. The number of unbranched alkanes of at least 4 members (excludes halogenated alkanes) is 1. The molecule has 0 aliphatic heterocycles. The Morgan fingerprint density at radius 1 is 1.07 bits per heavy atom. The summed E-state index contributed by atoms with van der Waals surface area (Å²) in [5.41, 5.74) is 1.82. The van der Waals surface area contributed by atoms with E-state index in [0.717, 1.165) is 29.9 Å². The molecule has 0 bridgehead atoms. The van der Waals surface area contributed by atoms with E-state index in [1.165, 1.54) is 31.3 Å². The fourth-order valence-electron chi connectivity index (χ4n) is 2.56. The van der Waals surface area contributed by atoms with Gasteiger partial charge in [0.2, 0.25) is 10.0 Å². The maximum atomic E-state index is 12.4. The van der Waals surface area contributed by atoms with Crippen molar-refractivity contribution in [1.82, 2.24) is 0 Å². The lowest BCUT2D eigenvalue weighted by Crippen LogP contribution is -2.24. The Bertz CT molecular complexity index is 955. The van der Waals surface area contributed by atoms with E-state index < -0.39 is 22.6 Å². The lowest BCUT2D eigenvalue weighted by Gasteiger charge is -2.16. The van der Waals surface area contributed by atoms with Crippen LogP contribution in [0.3, 0.4) is 0 Å². The van der Waals surface area contributed by atoms with E-state index in [0.29, 0.717) is 22.5 Å². The fourth-order valence-corrected chi connectivity index (χ4v) is 3.06. The van der Waals surface area contributed by atoms with Crippen LogP contribution in [0.4, 0.5) is 11.4 Å². The van der Waals surface area contributed by atoms with Crippen LogP contribution in [0.15, 0.2) is 48.5 Å². The minimum Gasteiger partial charge on any atom is -0.454 e. The number of hydrogen-bond acceptors (Lipinski definition) is 6. The molecule has 0 aliphatic carbocycles. The monoisotopic (exact) mass is 418 g/mol. The zero-order chi connectivity index (χ0) is 21.4. The Labute approximate surface area is 171 Å². The predicted octanol–water partition coefficient (Wildman–Crippen LogP) is 3.33. The quantitative estimate of drug-likeness (QED) is 0.361. The number of para-hydroxylation sites is 1. The Morgan fingerprint density at radius 2 is 1.72 bits per heavy atom. The molecule has 0 fully saturated rings. The first-order valence-electron chi connectivity index (χ1n) is 9.31. The molecule has 7 nitrogen and oxygen atoms in total. The first-order chi connectivity index (χ1) is 13.7. The molecule has 0 radical (unpaired) electrons. The summed E-state index contributed by atoms with van der Waals surface area (Å²) in [6, 6.07) is 13.1. The largest absolute Gasteiger partial charge is 0.454 e. The number of hydrogen-bond donors (Lipinski definition) is 1. The molecule has 0 saturated carbocycles. The van der Waals surface area contributed by atoms with Crippen molar-refractivity contribution in [3.05, 3.63) is 59.7 Å². The van der Waals surface area contributed by atoms with Crippen molar-refractivity contribution in [2.75, 3.05) is 36.1 Å². The van der Waals surface area contributed by atoms with Crippen LogP contribution >= 0.6 is 0 Å². The summed E-state index contributed by atoms with van der Waals surface area (Å²) in [4.78, 5) is 24.7. The summed E-state index contributed by atoms with van der Waals surface area (Å²) in [5.74, 6) is -0.949. The molecule has 0 unspecified atom stereocenters. The number of carbonyl (C=O) groups excluding carboxylic acids is 2. The number of rotatable bonds is 10. The topological polar surface area (TPSA) is 92.8 Å². The Hall–Kier alpha value is -2.87. The van der Waals surface area contributed by atoms with E-state index >= 15 is 0 Å². The predicted molar refractivity (Wildman–Crippen MR) is 114 cm³/mol. The van der Waals surface area contributed by atoms with Gasteiger partial charge in [0.1, 0.15) is 0 Å². The maximum absolute atomic E-state index is 12.4. The normalized spacial score (nSPS) is 11.0. The number of benzene rings is 2. The summed E-state index contributed by atoms with van der Waals surface area (Å²) < 4.78 is 29.4. The van der Waals surface area contributed by atoms with Gasteiger partial charge in [-0.25, -0.2) is 13.2 Å². The van der Waals surface area contributed by atoms with Gasteiger partial charge in [-0.15, -0.1) is 0 Å². The van der Waals surface area contributed by atoms with Gasteiger partial charge in [0.05, 0.1) is 17.5 Å². The van der Waals surface area contributed by atoms with E-state index in [1.54, 1.807) is 18.2 Å². The third-order valence-corrected chi connectivity index (χ3v) is 5.58. The van der Waals surface area contributed by atoms with Gasteiger partial charge in [0, 0.05) is 24.8 Å². The lowest BCUT2D eigenvalue weighted by molar-refractivity contribution is 0.0475. The zero-order valence-corrected chi connectivity index (χ0v) is 17.7. The first kappa shape index (κ1) is 22.4. The van der Waals surface area contributed by atoms with Crippen LogP contribution in [0.2, 0.25) is 0 Å². The Morgan fingerprint density at radius 3 is 2.34 bits per heavy atom. The second-order valence-electron chi connectivity index (χ2n) is 6.60.